The number of nitrogens with zero attached hydrogens (tertiary/aromatic N) is 4. The molecule has 2 aromatic rings. The Kier molecular flexibility index (Phi) is 7.64. The molecule has 0 aliphatic carbocycles. The van der Waals surface area contributed by atoms with Gasteiger partial charge in [0.25, 0.3) is 0 Å². The molecule has 2 fully saturated rings. The first-order valence-electron chi connectivity index (χ1n) is 11.5. The predicted molar refractivity (Wildman–Crippen MR) is 125 cm³/mol. The Morgan fingerprint density at radius 1 is 1.09 bits per heavy atom. The van der Waals surface area contributed by atoms with E-state index in [1.165, 1.54) is 11.4 Å². The van der Waals surface area contributed by atoms with Gasteiger partial charge in [0.05, 0.1) is 38.5 Å². The number of carbonyl (C=O) groups is 1. The summed E-state index contributed by atoms with van der Waals surface area (Å²) in [6.45, 7) is 4.94. The molecule has 0 unspecified atom stereocenters. The Balaban J connectivity index is 1.51. The SMILES string of the molecule is CCOC(=O)C1CCN(c2ccc(-c3ccc(OC)c(S(=O)(=O)N4CCOCC4)c3)nn2)CC1. The van der Waals surface area contributed by atoms with E-state index in [2.05, 4.69) is 15.1 Å². The lowest BCUT2D eigenvalue weighted by atomic mass is 9.97. The fourth-order valence-corrected chi connectivity index (χ4v) is 5.81. The molecule has 11 heteroatoms. The van der Waals surface area contributed by atoms with Crippen LogP contribution in [0.3, 0.4) is 0 Å². The number of rotatable bonds is 7. The molecule has 34 heavy (non-hydrogen) atoms. The molecule has 10 nitrogen and oxygen atoms in total. The molecule has 3 heterocycles. The van der Waals surface area contributed by atoms with E-state index in [0.29, 0.717) is 70.1 Å². The minimum Gasteiger partial charge on any atom is -0.495 e. The summed E-state index contributed by atoms with van der Waals surface area (Å²) in [5.41, 5.74) is 1.19. The minimum absolute atomic E-state index is 0.0745. The van der Waals surface area contributed by atoms with Gasteiger partial charge in [0, 0.05) is 31.7 Å². The first-order chi connectivity index (χ1) is 16.4. The average molecular weight is 491 g/mol. The van der Waals surface area contributed by atoms with Crippen LogP contribution in [0.4, 0.5) is 5.82 Å². The zero-order chi connectivity index (χ0) is 24.1. The van der Waals surface area contributed by atoms with E-state index < -0.39 is 10.0 Å². The Labute approximate surface area is 199 Å². The molecule has 0 bridgehead atoms. The van der Waals surface area contributed by atoms with Gasteiger partial charge in [-0.05, 0) is 50.1 Å². The zero-order valence-electron chi connectivity index (χ0n) is 19.5. The molecular weight excluding hydrogens is 460 g/mol. The van der Waals surface area contributed by atoms with Gasteiger partial charge >= 0.3 is 5.97 Å². The summed E-state index contributed by atoms with van der Waals surface area (Å²) in [4.78, 5) is 14.1. The van der Waals surface area contributed by atoms with Crippen LogP contribution in [-0.4, -0.2) is 82.0 Å². The summed E-state index contributed by atoms with van der Waals surface area (Å²) in [6.07, 6.45) is 1.42. The monoisotopic (exact) mass is 490 g/mol. The second-order valence-electron chi connectivity index (χ2n) is 8.17. The maximum Gasteiger partial charge on any atom is 0.309 e. The summed E-state index contributed by atoms with van der Waals surface area (Å²) >= 11 is 0. The van der Waals surface area contributed by atoms with Crippen LogP contribution in [0, 0.1) is 5.92 Å². The van der Waals surface area contributed by atoms with Crippen molar-refractivity contribution in [2.24, 2.45) is 5.92 Å². The first-order valence-corrected chi connectivity index (χ1v) is 12.9. The molecule has 2 aliphatic rings. The van der Waals surface area contributed by atoms with Gasteiger partial charge in [-0.15, -0.1) is 10.2 Å². The van der Waals surface area contributed by atoms with Gasteiger partial charge < -0.3 is 19.1 Å². The third-order valence-corrected chi connectivity index (χ3v) is 8.06. The molecule has 0 radical (unpaired) electrons. The van der Waals surface area contributed by atoms with Crippen LogP contribution < -0.4 is 9.64 Å². The van der Waals surface area contributed by atoms with E-state index in [0.717, 1.165) is 5.82 Å². The highest BCUT2D eigenvalue weighted by Gasteiger charge is 2.30. The van der Waals surface area contributed by atoms with Gasteiger partial charge in [0.2, 0.25) is 10.0 Å². The summed E-state index contributed by atoms with van der Waals surface area (Å²) in [7, 11) is -2.29. The van der Waals surface area contributed by atoms with Crippen molar-refractivity contribution in [3.8, 4) is 17.0 Å². The largest absolute Gasteiger partial charge is 0.495 e. The van der Waals surface area contributed by atoms with Crippen LogP contribution in [0.25, 0.3) is 11.3 Å². The molecular formula is C23H30N4O6S. The molecule has 1 aromatic heterocycles. The van der Waals surface area contributed by atoms with Crippen LogP contribution in [-0.2, 0) is 24.3 Å². The summed E-state index contributed by atoms with van der Waals surface area (Å²) in [6, 6.07) is 8.68. The van der Waals surface area contributed by atoms with Crippen molar-refractivity contribution in [1.29, 1.82) is 0 Å². The summed E-state index contributed by atoms with van der Waals surface area (Å²) in [5, 5.41) is 8.71. The van der Waals surface area contributed by atoms with E-state index in [-0.39, 0.29) is 22.5 Å². The van der Waals surface area contributed by atoms with E-state index in [4.69, 9.17) is 14.2 Å². The summed E-state index contributed by atoms with van der Waals surface area (Å²) in [5.74, 6) is 0.797. The fraction of sp³-hybridized carbons (Fsp3) is 0.522. The molecule has 2 aliphatic heterocycles. The van der Waals surface area contributed by atoms with Crippen LogP contribution >= 0.6 is 0 Å². The topological polar surface area (TPSA) is 111 Å². The number of benzene rings is 1. The van der Waals surface area contributed by atoms with Crippen LogP contribution in [0.1, 0.15) is 19.8 Å². The highest BCUT2D eigenvalue weighted by Crippen LogP contribution is 2.32. The number of piperidine rings is 1. The van der Waals surface area contributed by atoms with Crippen LogP contribution in [0.2, 0.25) is 0 Å². The van der Waals surface area contributed by atoms with Crippen molar-refractivity contribution in [3.63, 3.8) is 0 Å². The lowest BCUT2D eigenvalue weighted by Crippen LogP contribution is -2.40. The van der Waals surface area contributed by atoms with Gasteiger partial charge in [0.1, 0.15) is 10.6 Å². The number of esters is 1. The molecule has 4 rings (SSSR count). The second-order valence-corrected chi connectivity index (χ2v) is 10.1. The lowest BCUT2D eigenvalue weighted by Gasteiger charge is -2.31. The van der Waals surface area contributed by atoms with Gasteiger partial charge in [-0.1, -0.05) is 0 Å². The number of carbonyl (C=O) groups excluding carboxylic acids is 1. The second kappa shape index (κ2) is 10.7. The van der Waals surface area contributed by atoms with E-state index in [9.17, 15) is 13.2 Å². The first kappa shape index (κ1) is 24.4. The number of hydrogen-bond acceptors (Lipinski definition) is 9. The predicted octanol–water partition coefficient (Wildman–Crippen LogP) is 1.95. The van der Waals surface area contributed by atoms with Crippen molar-refractivity contribution in [2.45, 2.75) is 24.7 Å². The molecule has 184 valence electrons. The number of sulfonamides is 1. The highest BCUT2D eigenvalue weighted by atomic mass is 32.2. The number of hydrogen-bond donors (Lipinski definition) is 0. The normalized spacial score (nSPS) is 18.0. The zero-order valence-corrected chi connectivity index (χ0v) is 20.3. The number of aromatic nitrogens is 2. The van der Waals surface area contributed by atoms with Crippen LogP contribution in [0.5, 0.6) is 5.75 Å². The molecule has 2 saturated heterocycles. The van der Waals surface area contributed by atoms with Crippen LogP contribution in [0.15, 0.2) is 35.2 Å². The third-order valence-electron chi connectivity index (χ3n) is 6.14. The Bertz CT molecular complexity index is 1090. The molecule has 0 amide bonds. The van der Waals surface area contributed by atoms with Crippen molar-refractivity contribution >= 4 is 21.8 Å². The Morgan fingerprint density at radius 2 is 1.82 bits per heavy atom. The Morgan fingerprint density at radius 3 is 2.44 bits per heavy atom. The quantitative estimate of drug-likeness (QED) is 0.538. The van der Waals surface area contributed by atoms with E-state index in [1.54, 1.807) is 18.2 Å². The molecule has 1 aromatic carbocycles. The van der Waals surface area contributed by atoms with Crippen molar-refractivity contribution in [3.05, 3.63) is 30.3 Å². The minimum atomic E-state index is -3.74. The number of methoxy groups -OCH3 is 1. The molecule has 0 saturated carbocycles. The number of ether oxygens (including phenoxy) is 3. The van der Waals surface area contributed by atoms with E-state index >= 15 is 0 Å². The van der Waals surface area contributed by atoms with E-state index in [1.807, 2.05) is 19.1 Å². The lowest BCUT2D eigenvalue weighted by molar-refractivity contribution is -0.148. The van der Waals surface area contributed by atoms with Gasteiger partial charge in [0.15, 0.2) is 5.82 Å². The maximum atomic E-state index is 13.2. The molecule has 0 N–H and O–H groups in total. The molecule has 0 atom stereocenters. The summed E-state index contributed by atoms with van der Waals surface area (Å²) < 4.78 is 43.6. The van der Waals surface area contributed by atoms with Crippen molar-refractivity contribution < 1.29 is 27.4 Å². The van der Waals surface area contributed by atoms with Gasteiger partial charge in [-0.3, -0.25) is 4.79 Å². The standard InChI is InChI=1S/C23H30N4O6S/c1-3-33-23(28)17-8-10-26(11-9-17)22-7-5-19(24-25-22)18-4-6-20(31-2)21(16-18)34(29,30)27-12-14-32-15-13-27/h4-7,16-17H,3,8-15H2,1-2H3. The molecule has 0 spiro atoms. The number of anilines is 1. The highest BCUT2D eigenvalue weighted by molar-refractivity contribution is 7.89. The number of morpholine rings is 1. The smallest absolute Gasteiger partial charge is 0.309 e. The fourth-order valence-electron chi connectivity index (χ4n) is 4.22. The van der Waals surface area contributed by atoms with Gasteiger partial charge in [-0.2, -0.15) is 4.31 Å². The maximum absolute atomic E-state index is 13.2. The Hall–Kier alpha value is -2.76. The van der Waals surface area contributed by atoms with Crippen molar-refractivity contribution in [2.75, 3.05) is 58.0 Å². The third kappa shape index (κ3) is 5.16. The van der Waals surface area contributed by atoms with Crippen molar-refractivity contribution in [1.82, 2.24) is 14.5 Å². The average Bonchev–Trinajstić information content (AvgIpc) is 2.89. The van der Waals surface area contributed by atoms with Gasteiger partial charge in [-0.25, -0.2) is 8.42 Å².